The van der Waals surface area contributed by atoms with Gasteiger partial charge in [-0.3, -0.25) is 0 Å². The largest absolute Gasteiger partial charge is 1.00 e. The van der Waals surface area contributed by atoms with Gasteiger partial charge in [0.05, 0.1) is 5.88 Å². The van der Waals surface area contributed by atoms with E-state index in [0.29, 0.717) is 0 Å². The Bertz CT molecular complexity index is 162. The van der Waals surface area contributed by atoms with E-state index in [1.807, 2.05) is 0 Å². The van der Waals surface area contributed by atoms with Crippen molar-refractivity contribution in [1.29, 1.82) is 0 Å². The number of hydrogen-bond acceptors (Lipinski definition) is 2. The Morgan fingerprint density at radius 3 is 2.00 bits per heavy atom. The second-order valence-electron chi connectivity index (χ2n) is 1.35. The Morgan fingerprint density at radius 2 is 1.91 bits per heavy atom. The average Bonchev–Trinajstić information content (AvgIpc) is 1.60. The normalized spacial score (nSPS) is 12.5. The standard InChI is InChI=1S/C2H4Cl3O4P.Na.H/c3-1-2(4,5)9-10(6,7)8;;/h1H2,(H2,6,7,8);;/q;+1;-1. The summed E-state index contributed by atoms with van der Waals surface area (Å²) < 4.78 is 11.9. The van der Waals surface area contributed by atoms with Crippen molar-refractivity contribution in [2.75, 3.05) is 5.88 Å². The maximum Gasteiger partial charge on any atom is 1.00 e. The van der Waals surface area contributed by atoms with E-state index in [0.717, 1.165) is 0 Å². The van der Waals surface area contributed by atoms with Crippen LogP contribution in [0, 0.1) is 0 Å². The van der Waals surface area contributed by atoms with Crippen LogP contribution in [0.4, 0.5) is 0 Å². The number of phosphoric acid groups is 1. The third kappa shape index (κ3) is 9.90. The van der Waals surface area contributed by atoms with Crippen LogP contribution in [0.5, 0.6) is 0 Å². The molecule has 0 aromatic carbocycles. The molecule has 0 saturated carbocycles. The summed E-state index contributed by atoms with van der Waals surface area (Å²) in [5, 5.41) is 0. The molecule has 0 unspecified atom stereocenters. The van der Waals surface area contributed by atoms with Gasteiger partial charge in [-0.25, -0.2) is 9.09 Å². The van der Waals surface area contributed by atoms with Crippen molar-refractivity contribution >= 4 is 42.6 Å². The first-order chi connectivity index (χ1) is 4.27. The number of halogens is 3. The van der Waals surface area contributed by atoms with E-state index < -0.39 is 18.2 Å². The predicted molar refractivity (Wildman–Crippen MR) is 39.4 cm³/mol. The topological polar surface area (TPSA) is 66.8 Å². The zero-order chi connectivity index (χ0) is 8.41. The molecule has 64 valence electrons. The second kappa shape index (κ2) is 5.66. The summed E-state index contributed by atoms with van der Waals surface area (Å²) in [6, 6.07) is 0. The quantitative estimate of drug-likeness (QED) is 0.368. The Hall–Kier alpha value is 1.98. The molecular formula is C2H5Cl3NaO4P. The Balaban J connectivity index is -0.000000405. The maximum atomic E-state index is 10.1. The van der Waals surface area contributed by atoms with Gasteiger partial charge in [-0.05, 0) is 0 Å². The summed E-state index contributed by atoms with van der Waals surface area (Å²) in [4.78, 5) is 16.3. The van der Waals surface area contributed by atoms with Crippen molar-refractivity contribution < 1.29 is 49.9 Å². The molecule has 0 radical (unpaired) electrons. The molecule has 0 spiro atoms. The molecular weight excluding hydrogens is 248 g/mol. The van der Waals surface area contributed by atoms with Crippen LogP contribution in [0.1, 0.15) is 1.43 Å². The molecule has 0 atom stereocenters. The first kappa shape index (κ1) is 15.5. The van der Waals surface area contributed by atoms with E-state index in [2.05, 4.69) is 4.52 Å². The molecule has 0 heterocycles. The Morgan fingerprint density at radius 1 is 1.55 bits per heavy atom. The molecule has 0 aliphatic heterocycles. The molecule has 11 heavy (non-hydrogen) atoms. The van der Waals surface area contributed by atoms with Gasteiger partial charge < -0.3 is 11.2 Å². The summed E-state index contributed by atoms with van der Waals surface area (Å²) in [5.41, 5.74) is 0. The van der Waals surface area contributed by atoms with Gasteiger partial charge in [0.25, 0.3) is 0 Å². The minimum absolute atomic E-state index is 0. The third-order valence-corrected chi connectivity index (χ3v) is 2.24. The van der Waals surface area contributed by atoms with E-state index in [9.17, 15) is 4.57 Å². The van der Waals surface area contributed by atoms with Gasteiger partial charge in [0.2, 0.25) is 4.52 Å². The van der Waals surface area contributed by atoms with Crippen LogP contribution in [-0.2, 0) is 9.09 Å². The minimum Gasteiger partial charge on any atom is -1.00 e. The molecule has 0 aliphatic rings. The van der Waals surface area contributed by atoms with Crippen molar-refractivity contribution in [1.82, 2.24) is 0 Å². The van der Waals surface area contributed by atoms with Gasteiger partial charge in [0.15, 0.2) is 0 Å². The van der Waals surface area contributed by atoms with Gasteiger partial charge in [0.1, 0.15) is 0 Å². The van der Waals surface area contributed by atoms with Crippen molar-refractivity contribution in [3.63, 3.8) is 0 Å². The summed E-state index contributed by atoms with van der Waals surface area (Å²) in [5.74, 6) is -0.429. The van der Waals surface area contributed by atoms with Crippen LogP contribution in [0.2, 0.25) is 0 Å². The monoisotopic (exact) mass is 252 g/mol. The van der Waals surface area contributed by atoms with Crippen LogP contribution in [0.15, 0.2) is 0 Å². The molecule has 0 fully saturated rings. The smallest absolute Gasteiger partial charge is 1.00 e. The van der Waals surface area contributed by atoms with Gasteiger partial charge >= 0.3 is 37.4 Å². The van der Waals surface area contributed by atoms with Gasteiger partial charge in [0, 0.05) is 0 Å². The number of phosphoric ester groups is 1. The summed E-state index contributed by atoms with van der Waals surface area (Å²) >= 11 is 15.3. The van der Waals surface area contributed by atoms with Crippen molar-refractivity contribution in [3.8, 4) is 0 Å². The molecule has 0 aliphatic carbocycles. The molecule has 2 N–H and O–H groups in total. The first-order valence-corrected chi connectivity index (χ1v) is 4.79. The van der Waals surface area contributed by atoms with Crippen LogP contribution in [0.3, 0.4) is 0 Å². The fourth-order valence-electron chi connectivity index (χ4n) is 0.198. The van der Waals surface area contributed by atoms with Crippen LogP contribution < -0.4 is 29.6 Å². The molecule has 0 aromatic rings. The van der Waals surface area contributed by atoms with E-state index in [-0.39, 0.29) is 31.0 Å². The molecule has 0 saturated heterocycles. The van der Waals surface area contributed by atoms with Gasteiger partial charge in [-0.1, -0.05) is 23.2 Å². The van der Waals surface area contributed by atoms with E-state index in [1.54, 1.807) is 0 Å². The van der Waals surface area contributed by atoms with Crippen molar-refractivity contribution in [3.05, 3.63) is 0 Å². The fourth-order valence-corrected chi connectivity index (χ4v) is 1.28. The Labute approximate surface area is 102 Å². The summed E-state index contributed by atoms with van der Waals surface area (Å²) in [6.07, 6.45) is 0. The van der Waals surface area contributed by atoms with E-state index in [4.69, 9.17) is 44.6 Å². The van der Waals surface area contributed by atoms with Crippen molar-refractivity contribution in [2.24, 2.45) is 0 Å². The van der Waals surface area contributed by atoms with Crippen LogP contribution >= 0.6 is 42.6 Å². The molecule has 0 aromatic heterocycles. The van der Waals surface area contributed by atoms with E-state index >= 15 is 0 Å². The van der Waals surface area contributed by atoms with Crippen LogP contribution in [-0.4, -0.2) is 20.2 Å². The molecule has 4 nitrogen and oxygen atoms in total. The summed E-state index contributed by atoms with van der Waals surface area (Å²) in [7, 11) is -4.65. The number of rotatable bonds is 3. The predicted octanol–water partition coefficient (Wildman–Crippen LogP) is -1.42. The maximum absolute atomic E-state index is 10.1. The number of alkyl halides is 3. The second-order valence-corrected chi connectivity index (χ2v) is 4.20. The van der Waals surface area contributed by atoms with E-state index in [1.165, 1.54) is 0 Å². The molecule has 0 amide bonds. The minimum atomic E-state index is -4.65. The summed E-state index contributed by atoms with van der Waals surface area (Å²) in [6.45, 7) is 0. The van der Waals surface area contributed by atoms with Crippen LogP contribution in [0.25, 0.3) is 0 Å². The molecule has 9 heteroatoms. The van der Waals surface area contributed by atoms with Crippen molar-refractivity contribution in [2.45, 2.75) is 4.52 Å². The zero-order valence-corrected chi connectivity index (χ0v) is 10.7. The fraction of sp³-hybridized carbons (Fsp3) is 1.00. The Kier molecular flexibility index (Phi) is 7.95. The van der Waals surface area contributed by atoms with Gasteiger partial charge in [-0.2, -0.15) is 0 Å². The third-order valence-electron chi connectivity index (χ3n) is 0.408. The first-order valence-electron chi connectivity index (χ1n) is 1.97. The molecule has 0 bridgehead atoms. The zero-order valence-electron chi connectivity index (χ0n) is 6.50. The SMILES string of the molecule is O=P(O)(O)OC(Cl)(Cl)CCl.[H-].[Na+]. The number of hydrogen-bond donors (Lipinski definition) is 2. The molecule has 0 rings (SSSR count). The van der Waals surface area contributed by atoms with Gasteiger partial charge in [-0.15, -0.1) is 11.6 Å². The average molecular weight is 253 g/mol.